The molecule has 1 N–H and O–H groups in total. The van der Waals surface area contributed by atoms with Gasteiger partial charge in [0.05, 0.1) is 6.10 Å². The smallest absolute Gasteiger partial charge is 0.262 e. The van der Waals surface area contributed by atoms with Crippen LogP contribution in [0.2, 0.25) is 10.0 Å². The van der Waals surface area contributed by atoms with Crippen LogP contribution in [-0.2, 0) is 22.6 Å². The third-order valence-corrected chi connectivity index (χ3v) is 5.73. The summed E-state index contributed by atoms with van der Waals surface area (Å²) in [4.78, 5) is 12.5. The largest absolute Gasteiger partial charge is 0.376 e. The van der Waals surface area contributed by atoms with E-state index in [1.54, 1.807) is 24.3 Å². The van der Waals surface area contributed by atoms with Crippen LogP contribution >= 0.6 is 23.2 Å². The molecule has 2 heterocycles. The van der Waals surface area contributed by atoms with Gasteiger partial charge in [0.25, 0.3) is 5.91 Å². The SMILES string of the molecule is Cc1cc(/C=C(\C#N)C(=O)NCc2ccc(Cl)cc2Cl)c(C)n1CC1CCCO1. The van der Waals surface area contributed by atoms with Crippen LogP contribution in [0.25, 0.3) is 6.08 Å². The lowest BCUT2D eigenvalue weighted by atomic mass is 10.1. The van der Waals surface area contributed by atoms with Crippen molar-refractivity contribution in [2.75, 3.05) is 6.61 Å². The van der Waals surface area contributed by atoms with Gasteiger partial charge in [0, 0.05) is 41.1 Å². The van der Waals surface area contributed by atoms with E-state index in [0.29, 0.717) is 10.0 Å². The molecule has 1 unspecified atom stereocenters. The Kier molecular flexibility index (Phi) is 7.02. The fraction of sp³-hybridized carbons (Fsp3) is 0.364. The topological polar surface area (TPSA) is 67.0 Å². The molecule has 29 heavy (non-hydrogen) atoms. The number of nitriles is 1. The number of aryl methyl sites for hydroxylation is 1. The van der Waals surface area contributed by atoms with Crippen LogP contribution in [0.15, 0.2) is 29.8 Å². The van der Waals surface area contributed by atoms with Crippen molar-refractivity contribution >= 4 is 35.2 Å². The molecule has 1 amide bonds. The number of amides is 1. The van der Waals surface area contributed by atoms with E-state index in [2.05, 4.69) is 9.88 Å². The maximum absolute atomic E-state index is 12.5. The van der Waals surface area contributed by atoms with Crippen LogP contribution in [0.5, 0.6) is 0 Å². The fourth-order valence-corrected chi connectivity index (χ4v) is 3.96. The minimum atomic E-state index is -0.442. The quantitative estimate of drug-likeness (QED) is 0.526. The molecule has 152 valence electrons. The van der Waals surface area contributed by atoms with E-state index in [1.807, 2.05) is 26.0 Å². The molecular weight excluding hydrogens is 409 g/mol. The lowest BCUT2D eigenvalue weighted by molar-refractivity contribution is -0.117. The minimum absolute atomic E-state index is 0.0486. The first-order valence-corrected chi connectivity index (χ1v) is 10.3. The van der Waals surface area contributed by atoms with Crippen molar-refractivity contribution < 1.29 is 9.53 Å². The van der Waals surface area contributed by atoms with Crippen LogP contribution in [0.3, 0.4) is 0 Å². The highest BCUT2D eigenvalue weighted by Crippen LogP contribution is 2.23. The number of aromatic nitrogens is 1. The van der Waals surface area contributed by atoms with Crippen LogP contribution < -0.4 is 5.32 Å². The van der Waals surface area contributed by atoms with E-state index in [9.17, 15) is 10.1 Å². The molecule has 1 saturated heterocycles. The van der Waals surface area contributed by atoms with Crippen LogP contribution in [0.1, 0.15) is 35.4 Å². The Morgan fingerprint density at radius 2 is 2.17 bits per heavy atom. The summed E-state index contributed by atoms with van der Waals surface area (Å²) >= 11 is 12.0. The molecule has 1 aliphatic heterocycles. The van der Waals surface area contributed by atoms with E-state index in [4.69, 9.17) is 27.9 Å². The highest BCUT2D eigenvalue weighted by Gasteiger charge is 2.19. The normalized spacial score (nSPS) is 16.7. The molecule has 0 bridgehead atoms. The summed E-state index contributed by atoms with van der Waals surface area (Å²) in [6, 6.07) is 9.07. The number of carbonyl (C=O) groups excluding carboxylic acids is 1. The molecule has 1 fully saturated rings. The second kappa shape index (κ2) is 9.49. The van der Waals surface area contributed by atoms with Gasteiger partial charge in [0.2, 0.25) is 0 Å². The molecule has 3 rings (SSSR count). The average Bonchev–Trinajstić information content (AvgIpc) is 3.29. The van der Waals surface area contributed by atoms with E-state index in [-0.39, 0.29) is 18.2 Å². The van der Waals surface area contributed by atoms with Gasteiger partial charge in [-0.2, -0.15) is 5.26 Å². The highest BCUT2D eigenvalue weighted by atomic mass is 35.5. The monoisotopic (exact) mass is 431 g/mol. The van der Waals surface area contributed by atoms with Crippen LogP contribution in [0, 0.1) is 25.2 Å². The zero-order valence-corrected chi connectivity index (χ0v) is 18.0. The molecule has 1 aromatic heterocycles. The predicted molar refractivity (Wildman–Crippen MR) is 115 cm³/mol. The Hall–Kier alpha value is -2.26. The zero-order valence-electron chi connectivity index (χ0n) is 16.5. The number of hydrogen-bond donors (Lipinski definition) is 1. The van der Waals surface area contributed by atoms with Gasteiger partial charge in [-0.1, -0.05) is 29.3 Å². The number of nitrogens with zero attached hydrogens (tertiary/aromatic N) is 2. The summed E-state index contributed by atoms with van der Waals surface area (Å²) in [6.45, 7) is 5.83. The minimum Gasteiger partial charge on any atom is -0.376 e. The van der Waals surface area contributed by atoms with E-state index >= 15 is 0 Å². The van der Waals surface area contributed by atoms with Crippen LogP contribution in [-0.4, -0.2) is 23.2 Å². The summed E-state index contributed by atoms with van der Waals surface area (Å²) in [6.07, 6.45) is 4.00. The Balaban J connectivity index is 1.73. The first kappa shape index (κ1) is 21.4. The van der Waals surface area contributed by atoms with Crippen molar-refractivity contribution in [1.29, 1.82) is 5.26 Å². The maximum atomic E-state index is 12.5. The van der Waals surface area contributed by atoms with Crippen molar-refractivity contribution in [3.63, 3.8) is 0 Å². The van der Waals surface area contributed by atoms with Gasteiger partial charge in [0.1, 0.15) is 11.6 Å². The highest BCUT2D eigenvalue weighted by molar-refractivity contribution is 6.35. The molecule has 0 radical (unpaired) electrons. The summed E-state index contributed by atoms with van der Waals surface area (Å²) in [5, 5.41) is 13.2. The van der Waals surface area contributed by atoms with E-state index in [1.165, 1.54) is 0 Å². The molecule has 0 saturated carbocycles. The van der Waals surface area contributed by atoms with E-state index < -0.39 is 5.91 Å². The van der Waals surface area contributed by atoms with Gasteiger partial charge in [-0.25, -0.2) is 0 Å². The molecule has 0 aliphatic carbocycles. The number of nitrogens with one attached hydrogen (secondary N) is 1. The molecule has 1 aromatic carbocycles. The molecule has 1 atom stereocenters. The lowest BCUT2D eigenvalue weighted by Gasteiger charge is -2.14. The molecule has 5 nitrogen and oxygen atoms in total. The van der Waals surface area contributed by atoms with Gasteiger partial charge in [-0.05, 0) is 62.1 Å². The Bertz CT molecular complexity index is 983. The van der Waals surface area contributed by atoms with Crippen molar-refractivity contribution in [2.24, 2.45) is 0 Å². The van der Waals surface area contributed by atoms with Gasteiger partial charge in [-0.15, -0.1) is 0 Å². The lowest BCUT2D eigenvalue weighted by Crippen LogP contribution is -2.24. The van der Waals surface area contributed by atoms with Gasteiger partial charge >= 0.3 is 0 Å². The Morgan fingerprint density at radius 1 is 1.38 bits per heavy atom. The second-order valence-corrected chi connectivity index (χ2v) is 8.00. The van der Waals surface area contributed by atoms with Crippen molar-refractivity contribution in [1.82, 2.24) is 9.88 Å². The summed E-state index contributed by atoms with van der Waals surface area (Å²) in [7, 11) is 0. The number of rotatable bonds is 6. The van der Waals surface area contributed by atoms with Gasteiger partial charge < -0.3 is 14.6 Å². The first-order valence-electron chi connectivity index (χ1n) is 9.51. The van der Waals surface area contributed by atoms with Gasteiger partial charge in [0.15, 0.2) is 0 Å². The number of ether oxygens (including phenoxy) is 1. The fourth-order valence-electron chi connectivity index (χ4n) is 3.49. The summed E-state index contributed by atoms with van der Waals surface area (Å²) < 4.78 is 7.92. The Morgan fingerprint density at radius 3 is 2.83 bits per heavy atom. The molecule has 0 spiro atoms. The van der Waals surface area contributed by atoms with Crippen molar-refractivity contribution in [3.8, 4) is 6.07 Å². The predicted octanol–water partition coefficient (Wildman–Crippen LogP) is 4.81. The zero-order chi connectivity index (χ0) is 21.0. The molecule has 2 aromatic rings. The summed E-state index contributed by atoms with van der Waals surface area (Å²) in [5.74, 6) is -0.442. The second-order valence-electron chi connectivity index (χ2n) is 7.16. The number of hydrogen-bond acceptors (Lipinski definition) is 3. The molecular formula is C22H23Cl2N3O2. The van der Waals surface area contributed by atoms with Crippen molar-refractivity contribution in [3.05, 3.63) is 62.4 Å². The van der Waals surface area contributed by atoms with Crippen molar-refractivity contribution in [2.45, 2.75) is 45.9 Å². The Labute approximate surface area is 180 Å². The number of benzene rings is 1. The number of halogens is 2. The number of carbonyl (C=O) groups is 1. The molecule has 1 aliphatic rings. The van der Waals surface area contributed by atoms with E-state index in [0.717, 1.165) is 48.5 Å². The van der Waals surface area contributed by atoms with Gasteiger partial charge in [-0.3, -0.25) is 4.79 Å². The first-order chi connectivity index (χ1) is 13.9. The standard InChI is InChI=1S/C22H23Cl2N3O2/c1-14-8-17(15(2)27(14)13-20-4-3-7-29-20)9-18(11-25)22(28)26-12-16-5-6-19(23)10-21(16)24/h5-6,8-10,20H,3-4,7,12-13H2,1-2H3,(H,26,28)/b18-9+. The summed E-state index contributed by atoms with van der Waals surface area (Å²) in [5.41, 5.74) is 3.73. The molecule has 7 heteroatoms. The maximum Gasteiger partial charge on any atom is 0.262 e. The third-order valence-electron chi connectivity index (χ3n) is 5.14. The van der Waals surface area contributed by atoms with Crippen LogP contribution in [0.4, 0.5) is 0 Å². The third kappa shape index (κ3) is 5.22. The average molecular weight is 432 g/mol.